The fourth-order valence-electron chi connectivity index (χ4n) is 1.56. The first-order valence-electron chi connectivity index (χ1n) is 7.69. The Morgan fingerprint density at radius 1 is 1.04 bits per heavy atom. The summed E-state index contributed by atoms with van der Waals surface area (Å²) in [6.45, 7) is 8.99. The van der Waals surface area contributed by atoms with E-state index in [9.17, 15) is 22.4 Å². The van der Waals surface area contributed by atoms with Crippen LogP contribution in [-0.2, 0) is 28.6 Å². The molecule has 0 aliphatic carbocycles. The summed E-state index contributed by atoms with van der Waals surface area (Å²) in [5.41, 5.74) is -1.66. The number of halogens is 1. The standard InChI is InChI=1S/C15H28FNO7S/c1-14(2,3)23-12(18)11(17-13(19)24-15(4,5)6)8-10(16)9-22-25(7,20)21/h10-11H,8-9H2,1-7H3,(H,17,19)/t10-,11-/m0/s1. The second kappa shape index (κ2) is 8.79. The lowest BCUT2D eigenvalue weighted by Gasteiger charge is -2.26. The molecule has 25 heavy (non-hydrogen) atoms. The normalized spacial score (nSPS) is 15.2. The maximum Gasteiger partial charge on any atom is 0.408 e. The number of hydrogen-bond donors (Lipinski definition) is 1. The summed E-state index contributed by atoms with van der Waals surface area (Å²) in [5.74, 6) is -0.861. The average Bonchev–Trinajstić information content (AvgIpc) is 2.30. The monoisotopic (exact) mass is 385 g/mol. The van der Waals surface area contributed by atoms with Gasteiger partial charge in [0, 0.05) is 6.42 Å². The summed E-state index contributed by atoms with van der Waals surface area (Å²) in [7, 11) is -3.82. The number of alkyl carbamates (subject to hydrolysis) is 1. The predicted molar refractivity (Wildman–Crippen MR) is 89.3 cm³/mol. The van der Waals surface area contributed by atoms with Gasteiger partial charge < -0.3 is 14.8 Å². The number of carbonyl (C=O) groups excluding carboxylic acids is 2. The molecular formula is C15H28FNO7S. The molecule has 0 radical (unpaired) electrons. The number of carbonyl (C=O) groups is 2. The van der Waals surface area contributed by atoms with Gasteiger partial charge in [0.1, 0.15) is 23.4 Å². The van der Waals surface area contributed by atoms with Crippen molar-refractivity contribution in [3.8, 4) is 0 Å². The van der Waals surface area contributed by atoms with E-state index >= 15 is 0 Å². The van der Waals surface area contributed by atoms with Crippen molar-refractivity contribution < 1.29 is 36.1 Å². The first kappa shape index (κ1) is 23.6. The minimum atomic E-state index is -3.82. The zero-order valence-electron chi connectivity index (χ0n) is 15.7. The van der Waals surface area contributed by atoms with Gasteiger partial charge in [-0.3, -0.25) is 4.18 Å². The van der Waals surface area contributed by atoms with Crippen LogP contribution in [-0.4, -0.2) is 56.8 Å². The van der Waals surface area contributed by atoms with E-state index in [1.165, 1.54) is 0 Å². The predicted octanol–water partition coefficient (Wildman–Crippen LogP) is 1.93. The Kier molecular flexibility index (Phi) is 8.29. The number of alkyl halides is 1. The van der Waals surface area contributed by atoms with Crippen LogP contribution in [0.5, 0.6) is 0 Å². The van der Waals surface area contributed by atoms with Gasteiger partial charge in [-0.2, -0.15) is 8.42 Å². The number of rotatable bonds is 7. The molecule has 0 unspecified atom stereocenters. The van der Waals surface area contributed by atoms with E-state index in [0.29, 0.717) is 0 Å². The van der Waals surface area contributed by atoms with Gasteiger partial charge in [-0.15, -0.1) is 0 Å². The first-order valence-corrected chi connectivity index (χ1v) is 9.51. The number of nitrogens with one attached hydrogen (secondary N) is 1. The summed E-state index contributed by atoms with van der Waals surface area (Å²) in [4.78, 5) is 24.0. The Morgan fingerprint density at radius 3 is 1.92 bits per heavy atom. The molecule has 0 fully saturated rings. The van der Waals surface area contributed by atoms with Crippen LogP contribution in [0.3, 0.4) is 0 Å². The second-order valence-electron chi connectivity index (χ2n) is 7.55. The smallest absolute Gasteiger partial charge is 0.408 e. The third kappa shape index (κ3) is 13.5. The van der Waals surface area contributed by atoms with Gasteiger partial charge >= 0.3 is 12.1 Å². The summed E-state index contributed by atoms with van der Waals surface area (Å²) >= 11 is 0. The van der Waals surface area contributed by atoms with Gasteiger partial charge in [0.25, 0.3) is 10.1 Å². The maximum absolute atomic E-state index is 14.0. The highest BCUT2D eigenvalue weighted by atomic mass is 32.2. The Balaban J connectivity index is 5.00. The van der Waals surface area contributed by atoms with Crippen molar-refractivity contribution in [1.82, 2.24) is 5.32 Å². The minimum Gasteiger partial charge on any atom is -0.458 e. The minimum absolute atomic E-state index is 0.524. The van der Waals surface area contributed by atoms with Crippen LogP contribution < -0.4 is 5.32 Å². The Hall–Kier alpha value is -1.42. The molecule has 1 N–H and O–H groups in total. The molecule has 0 bridgehead atoms. The van der Waals surface area contributed by atoms with Crippen LogP contribution in [0.15, 0.2) is 0 Å². The third-order valence-corrected chi connectivity index (χ3v) is 2.90. The van der Waals surface area contributed by atoms with Crippen LogP contribution in [0.25, 0.3) is 0 Å². The quantitative estimate of drug-likeness (QED) is 0.527. The lowest BCUT2D eigenvalue weighted by Crippen LogP contribution is -2.47. The molecule has 1 amide bonds. The molecule has 0 aromatic rings. The zero-order valence-corrected chi connectivity index (χ0v) is 16.5. The number of hydrogen-bond acceptors (Lipinski definition) is 7. The average molecular weight is 385 g/mol. The Bertz CT molecular complexity index is 563. The van der Waals surface area contributed by atoms with Crippen molar-refractivity contribution in [2.75, 3.05) is 12.9 Å². The summed E-state index contributed by atoms with van der Waals surface area (Å²) in [5, 5.41) is 2.24. The third-order valence-electron chi connectivity index (χ3n) is 2.34. The van der Waals surface area contributed by atoms with Gasteiger partial charge in [0.05, 0.1) is 12.9 Å². The van der Waals surface area contributed by atoms with Crippen LogP contribution in [0.1, 0.15) is 48.0 Å². The first-order chi connectivity index (χ1) is 11.0. The Labute approximate surface area is 148 Å². The van der Waals surface area contributed by atoms with E-state index in [1.54, 1.807) is 41.5 Å². The largest absolute Gasteiger partial charge is 0.458 e. The van der Waals surface area contributed by atoms with E-state index in [4.69, 9.17) is 9.47 Å². The van der Waals surface area contributed by atoms with Gasteiger partial charge in [0.15, 0.2) is 0 Å². The van der Waals surface area contributed by atoms with Crippen LogP contribution in [0.4, 0.5) is 9.18 Å². The molecule has 10 heteroatoms. The molecule has 8 nitrogen and oxygen atoms in total. The van der Waals surface area contributed by atoms with E-state index in [0.717, 1.165) is 6.26 Å². The van der Waals surface area contributed by atoms with Crippen molar-refractivity contribution >= 4 is 22.2 Å². The maximum atomic E-state index is 14.0. The fourth-order valence-corrected chi connectivity index (χ4v) is 1.95. The molecule has 0 rings (SSSR count). The zero-order chi connectivity index (χ0) is 20.1. The SMILES string of the molecule is CC(C)(C)OC(=O)N[C@@H](C[C@H](F)COS(C)(=O)=O)C(=O)OC(C)(C)C. The van der Waals surface area contributed by atoms with Crippen molar-refractivity contribution in [2.45, 2.75) is 71.4 Å². The molecule has 0 spiro atoms. The van der Waals surface area contributed by atoms with E-state index < -0.39 is 58.6 Å². The highest BCUT2D eigenvalue weighted by molar-refractivity contribution is 7.85. The fraction of sp³-hybridized carbons (Fsp3) is 0.867. The van der Waals surface area contributed by atoms with Crippen molar-refractivity contribution in [2.24, 2.45) is 0 Å². The lowest BCUT2D eigenvalue weighted by molar-refractivity contribution is -0.158. The molecule has 0 aromatic carbocycles. The van der Waals surface area contributed by atoms with Gasteiger partial charge in [-0.1, -0.05) is 0 Å². The van der Waals surface area contributed by atoms with E-state index in [2.05, 4.69) is 9.50 Å². The van der Waals surface area contributed by atoms with Crippen LogP contribution >= 0.6 is 0 Å². The van der Waals surface area contributed by atoms with Crippen molar-refractivity contribution in [3.05, 3.63) is 0 Å². The molecule has 0 aliphatic heterocycles. The van der Waals surface area contributed by atoms with Crippen LogP contribution in [0.2, 0.25) is 0 Å². The van der Waals surface area contributed by atoms with Gasteiger partial charge in [-0.05, 0) is 41.5 Å². The second-order valence-corrected chi connectivity index (χ2v) is 9.20. The molecule has 0 aliphatic rings. The summed E-state index contributed by atoms with van der Waals surface area (Å²) in [6, 6.07) is -1.35. The highest BCUT2D eigenvalue weighted by Gasteiger charge is 2.31. The molecule has 0 heterocycles. The van der Waals surface area contributed by atoms with E-state index in [-0.39, 0.29) is 0 Å². The number of esters is 1. The molecule has 0 saturated carbocycles. The van der Waals surface area contributed by atoms with Crippen molar-refractivity contribution in [3.63, 3.8) is 0 Å². The Morgan fingerprint density at radius 2 is 1.52 bits per heavy atom. The van der Waals surface area contributed by atoms with Crippen LogP contribution in [0, 0.1) is 0 Å². The van der Waals surface area contributed by atoms with E-state index in [1.807, 2.05) is 0 Å². The summed E-state index contributed by atoms with van der Waals surface area (Å²) < 4.78 is 50.3. The topological polar surface area (TPSA) is 108 Å². The highest BCUT2D eigenvalue weighted by Crippen LogP contribution is 2.14. The molecule has 0 aromatic heterocycles. The molecule has 0 saturated heterocycles. The number of ether oxygens (including phenoxy) is 2. The summed E-state index contributed by atoms with van der Waals surface area (Å²) in [6.07, 6.45) is -2.48. The molecule has 148 valence electrons. The van der Waals surface area contributed by atoms with Gasteiger partial charge in [-0.25, -0.2) is 14.0 Å². The number of amides is 1. The lowest BCUT2D eigenvalue weighted by atomic mass is 10.1. The molecule has 2 atom stereocenters. The van der Waals surface area contributed by atoms with Gasteiger partial charge in [0.2, 0.25) is 0 Å². The van der Waals surface area contributed by atoms with Crippen molar-refractivity contribution in [1.29, 1.82) is 0 Å². The molecular weight excluding hydrogens is 357 g/mol.